The van der Waals surface area contributed by atoms with E-state index in [1.807, 2.05) is 44.3 Å². The SMILES string of the molecule is CCC(C)(C(=O)c1sccc1C)N(C)C. The van der Waals surface area contributed by atoms with Gasteiger partial charge in [-0.2, -0.15) is 0 Å². The van der Waals surface area contributed by atoms with Crippen LogP contribution in [0, 0.1) is 6.92 Å². The summed E-state index contributed by atoms with van der Waals surface area (Å²) in [4.78, 5) is 15.3. The molecule has 1 aromatic rings. The number of aryl methyl sites for hydroxylation is 1. The molecular formula is C12H19NOS. The minimum absolute atomic E-state index is 0.238. The summed E-state index contributed by atoms with van der Waals surface area (Å²) in [7, 11) is 3.93. The number of nitrogens with zero attached hydrogens (tertiary/aromatic N) is 1. The quantitative estimate of drug-likeness (QED) is 0.734. The number of rotatable bonds is 4. The van der Waals surface area contributed by atoms with Gasteiger partial charge in [0, 0.05) is 0 Å². The van der Waals surface area contributed by atoms with Gasteiger partial charge in [0.2, 0.25) is 0 Å². The lowest BCUT2D eigenvalue weighted by Crippen LogP contribution is -2.47. The Balaban J connectivity index is 3.08. The first-order valence-electron chi connectivity index (χ1n) is 5.19. The van der Waals surface area contributed by atoms with Crippen LogP contribution in [-0.2, 0) is 0 Å². The standard InChI is InChI=1S/C12H19NOS/c1-6-12(3,13(4)5)11(14)10-9(2)7-8-15-10/h7-8H,6H2,1-5H3. The lowest BCUT2D eigenvalue weighted by atomic mass is 9.90. The molecule has 0 saturated carbocycles. The van der Waals surface area contributed by atoms with Crippen LogP contribution in [-0.4, -0.2) is 30.3 Å². The van der Waals surface area contributed by atoms with Crippen molar-refractivity contribution in [1.82, 2.24) is 4.90 Å². The smallest absolute Gasteiger partial charge is 0.192 e. The van der Waals surface area contributed by atoms with Crippen molar-refractivity contribution in [3.63, 3.8) is 0 Å². The predicted molar refractivity (Wildman–Crippen MR) is 65.8 cm³/mol. The number of likely N-dealkylation sites (N-methyl/N-ethyl adjacent to an activating group) is 1. The topological polar surface area (TPSA) is 20.3 Å². The Labute approximate surface area is 95.9 Å². The third kappa shape index (κ3) is 2.13. The van der Waals surface area contributed by atoms with Crippen LogP contribution in [0.3, 0.4) is 0 Å². The van der Waals surface area contributed by atoms with Crippen molar-refractivity contribution in [2.75, 3.05) is 14.1 Å². The van der Waals surface area contributed by atoms with Gasteiger partial charge in [-0.15, -0.1) is 11.3 Å². The van der Waals surface area contributed by atoms with Crippen molar-refractivity contribution < 1.29 is 4.79 Å². The Hall–Kier alpha value is -0.670. The molecule has 0 bridgehead atoms. The van der Waals surface area contributed by atoms with Crippen molar-refractivity contribution in [2.24, 2.45) is 0 Å². The highest BCUT2D eigenvalue weighted by Crippen LogP contribution is 2.27. The second kappa shape index (κ2) is 4.45. The molecule has 1 heterocycles. The lowest BCUT2D eigenvalue weighted by Gasteiger charge is -2.33. The Morgan fingerprint density at radius 3 is 2.47 bits per heavy atom. The molecule has 1 atom stereocenters. The van der Waals surface area contributed by atoms with E-state index in [9.17, 15) is 4.79 Å². The molecule has 0 amide bonds. The number of ketones is 1. The molecule has 1 aromatic heterocycles. The molecule has 0 saturated heterocycles. The summed E-state index contributed by atoms with van der Waals surface area (Å²) in [5.41, 5.74) is 0.710. The van der Waals surface area contributed by atoms with Gasteiger partial charge in [-0.1, -0.05) is 6.92 Å². The molecule has 0 aliphatic rings. The van der Waals surface area contributed by atoms with Crippen molar-refractivity contribution in [3.05, 3.63) is 21.9 Å². The highest BCUT2D eigenvalue weighted by atomic mass is 32.1. The number of Topliss-reactive ketones (excluding diaryl/α,β-unsaturated/α-hetero) is 1. The van der Waals surface area contributed by atoms with Gasteiger partial charge in [-0.3, -0.25) is 9.69 Å². The first kappa shape index (κ1) is 12.4. The van der Waals surface area contributed by atoms with Crippen molar-refractivity contribution >= 4 is 17.1 Å². The average Bonchev–Trinajstić information content (AvgIpc) is 2.61. The number of hydrogen-bond acceptors (Lipinski definition) is 3. The maximum Gasteiger partial charge on any atom is 0.192 e. The fourth-order valence-electron chi connectivity index (χ4n) is 1.53. The van der Waals surface area contributed by atoms with Crippen LogP contribution in [0.15, 0.2) is 11.4 Å². The van der Waals surface area contributed by atoms with E-state index in [0.717, 1.165) is 16.9 Å². The number of carbonyl (C=O) groups is 1. The maximum absolute atomic E-state index is 12.4. The van der Waals surface area contributed by atoms with Crippen molar-refractivity contribution in [1.29, 1.82) is 0 Å². The Morgan fingerprint density at radius 2 is 2.13 bits per heavy atom. The normalized spacial score (nSPS) is 15.3. The number of carbonyl (C=O) groups excluding carboxylic acids is 1. The van der Waals surface area contributed by atoms with E-state index in [1.165, 1.54) is 0 Å². The zero-order chi connectivity index (χ0) is 11.6. The van der Waals surface area contributed by atoms with Gasteiger partial charge >= 0.3 is 0 Å². The zero-order valence-corrected chi connectivity index (χ0v) is 10.9. The summed E-state index contributed by atoms with van der Waals surface area (Å²) in [6.07, 6.45) is 0.830. The van der Waals surface area contributed by atoms with Gasteiger partial charge in [0.25, 0.3) is 0 Å². The van der Waals surface area contributed by atoms with E-state index in [4.69, 9.17) is 0 Å². The van der Waals surface area contributed by atoms with Crippen LogP contribution in [0.1, 0.15) is 35.5 Å². The fraction of sp³-hybridized carbons (Fsp3) is 0.583. The third-order valence-corrected chi connectivity index (χ3v) is 4.25. The summed E-state index contributed by atoms with van der Waals surface area (Å²) >= 11 is 1.54. The number of hydrogen-bond donors (Lipinski definition) is 0. The van der Waals surface area contributed by atoms with Crippen molar-refractivity contribution in [2.45, 2.75) is 32.7 Å². The minimum atomic E-state index is -0.379. The molecule has 0 radical (unpaired) electrons. The molecule has 0 fully saturated rings. The first-order chi connectivity index (χ1) is 6.93. The van der Waals surface area contributed by atoms with Crippen LogP contribution in [0.25, 0.3) is 0 Å². The molecule has 2 nitrogen and oxygen atoms in total. The molecule has 0 aliphatic carbocycles. The van der Waals surface area contributed by atoms with Crippen LogP contribution in [0.2, 0.25) is 0 Å². The molecule has 15 heavy (non-hydrogen) atoms. The molecule has 0 spiro atoms. The largest absolute Gasteiger partial charge is 0.297 e. The van der Waals surface area contributed by atoms with Crippen molar-refractivity contribution in [3.8, 4) is 0 Å². The van der Waals surface area contributed by atoms with Gasteiger partial charge in [0.15, 0.2) is 5.78 Å². The summed E-state index contributed by atoms with van der Waals surface area (Å²) in [6, 6.07) is 2.00. The van der Waals surface area contributed by atoms with E-state index in [-0.39, 0.29) is 11.3 Å². The maximum atomic E-state index is 12.4. The molecular weight excluding hydrogens is 206 g/mol. The lowest BCUT2D eigenvalue weighted by molar-refractivity contribution is 0.0714. The van der Waals surface area contributed by atoms with Crippen LogP contribution in [0.5, 0.6) is 0 Å². The summed E-state index contributed by atoms with van der Waals surface area (Å²) in [5, 5.41) is 1.98. The molecule has 0 aliphatic heterocycles. The third-order valence-electron chi connectivity index (χ3n) is 3.23. The summed E-state index contributed by atoms with van der Waals surface area (Å²) in [6.45, 7) is 6.06. The monoisotopic (exact) mass is 225 g/mol. The number of thiophene rings is 1. The van der Waals surface area contributed by atoms with Crippen LogP contribution < -0.4 is 0 Å². The van der Waals surface area contributed by atoms with Gasteiger partial charge in [-0.25, -0.2) is 0 Å². The van der Waals surface area contributed by atoms with Gasteiger partial charge < -0.3 is 0 Å². The van der Waals surface area contributed by atoms with Gasteiger partial charge in [0.1, 0.15) is 0 Å². The highest BCUT2D eigenvalue weighted by Gasteiger charge is 2.35. The summed E-state index contributed by atoms with van der Waals surface area (Å²) in [5.74, 6) is 0.238. The average molecular weight is 225 g/mol. The summed E-state index contributed by atoms with van der Waals surface area (Å²) < 4.78 is 0. The van der Waals surface area contributed by atoms with Gasteiger partial charge in [0.05, 0.1) is 10.4 Å². The first-order valence-corrected chi connectivity index (χ1v) is 6.07. The van der Waals surface area contributed by atoms with E-state index >= 15 is 0 Å². The van der Waals surface area contributed by atoms with Crippen LogP contribution >= 0.6 is 11.3 Å². The van der Waals surface area contributed by atoms with E-state index < -0.39 is 0 Å². The van der Waals surface area contributed by atoms with Crippen LogP contribution in [0.4, 0.5) is 0 Å². The second-order valence-corrected chi connectivity index (χ2v) is 5.20. The molecule has 0 N–H and O–H groups in total. The minimum Gasteiger partial charge on any atom is -0.297 e. The molecule has 84 valence electrons. The predicted octanol–water partition coefficient (Wildman–Crippen LogP) is 2.97. The molecule has 3 heteroatoms. The molecule has 0 aromatic carbocycles. The highest BCUT2D eigenvalue weighted by molar-refractivity contribution is 7.12. The Kier molecular flexibility index (Phi) is 3.68. The van der Waals surface area contributed by atoms with E-state index in [0.29, 0.717) is 0 Å². The fourth-order valence-corrected chi connectivity index (χ4v) is 2.52. The molecule has 1 unspecified atom stereocenters. The molecule has 1 rings (SSSR count). The zero-order valence-electron chi connectivity index (χ0n) is 10.1. The van der Waals surface area contributed by atoms with E-state index in [1.54, 1.807) is 11.3 Å². The van der Waals surface area contributed by atoms with E-state index in [2.05, 4.69) is 6.92 Å². The Morgan fingerprint density at radius 1 is 1.53 bits per heavy atom. The van der Waals surface area contributed by atoms with Gasteiger partial charge in [-0.05, 0) is 51.4 Å². The Bertz CT molecular complexity index is 356. The second-order valence-electron chi connectivity index (χ2n) is 4.28.